The molecule has 0 atom stereocenters. The minimum absolute atomic E-state index is 0.0943. The first-order chi connectivity index (χ1) is 11.1. The SMILES string of the molecule is CC(=O)N(CCC(=O)NCc1cccnc1)c1cccc(Br)c1. The van der Waals surface area contributed by atoms with E-state index >= 15 is 0 Å². The molecule has 2 amide bonds. The van der Waals surface area contributed by atoms with Crippen molar-refractivity contribution >= 4 is 33.4 Å². The van der Waals surface area contributed by atoms with E-state index in [9.17, 15) is 9.59 Å². The predicted octanol–water partition coefficient (Wildman–Crippen LogP) is 2.90. The zero-order chi connectivity index (χ0) is 16.7. The molecule has 23 heavy (non-hydrogen) atoms. The Morgan fingerprint density at radius 1 is 1.26 bits per heavy atom. The van der Waals surface area contributed by atoms with E-state index in [4.69, 9.17) is 0 Å². The highest BCUT2D eigenvalue weighted by Gasteiger charge is 2.13. The van der Waals surface area contributed by atoms with Crippen molar-refractivity contribution in [2.45, 2.75) is 19.9 Å². The number of aromatic nitrogens is 1. The number of anilines is 1. The fraction of sp³-hybridized carbons (Fsp3) is 0.235. The highest BCUT2D eigenvalue weighted by atomic mass is 79.9. The molecule has 5 nitrogen and oxygen atoms in total. The summed E-state index contributed by atoms with van der Waals surface area (Å²) in [5, 5.41) is 2.83. The van der Waals surface area contributed by atoms with Gasteiger partial charge in [-0.1, -0.05) is 28.1 Å². The number of rotatable bonds is 6. The van der Waals surface area contributed by atoms with Gasteiger partial charge < -0.3 is 10.2 Å². The average molecular weight is 376 g/mol. The number of halogens is 1. The third kappa shape index (κ3) is 5.49. The molecule has 0 aliphatic rings. The molecular formula is C17H18BrN3O2. The molecule has 0 spiro atoms. The largest absolute Gasteiger partial charge is 0.352 e. The first-order valence-electron chi connectivity index (χ1n) is 7.25. The highest BCUT2D eigenvalue weighted by molar-refractivity contribution is 9.10. The number of carbonyl (C=O) groups is 2. The molecule has 0 unspecified atom stereocenters. The van der Waals surface area contributed by atoms with Gasteiger partial charge in [0.15, 0.2) is 0 Å². The maximum atomic E-state index is 12.0. The number of nitrogens with zero attached hydrogens (tertiary/aromatic N) is 2. The summed E-state index contributed by atoms with van der Waals surface area (Å²) < 4.78 is 0.891. The van der Waals surface area contributed by atoms with Crippen molar-refractivity contribution in [1.29, 1.82) is 0 Å². The van der Waals surface area contributed by atoms with E-state index in [0.29, 0.717) is 13.1 Å². The van der Waals surface area contributed by atoms with Crippen LogP contribution in [0.2, 0.25) is 0 Å². The lowest BCUT2D eigenvalue weighted by molar-refractivity contribution is -0.121. The second-order valence-electron chi connectivity index (χ2n) is 5.04. The van der Waals surface area contributed by atoms with Gasteiger partial charge in [-0.2, -0.15) is 0 Å². The summed E-state index contributed by atoms with van der Waals surface area (Å²) in [7, 11) is 0. The van der Waals surface area contributed by atoms with Gasteiger partial charge in [0.2, 0.25) is 11.8 Å². The van der Waals surface area contributed by atoms with Crippen LogP contribution in [0, 0.1) is 0 Å². The summed E-state index contributed by atoms with van der Waals surface area (Å²) in [6, 6.07) is 11.2. The molecule has 2 aromatic rings. The van der Waals surface area contributed by atoms with Crippen molar-refractivity contribution in [3.63, 3.8) is 0 Å². The second kappa shape index (κ2) is 8.43. The number of benzene rings is 1. The molecule has 2 rings (SSSR count). The van der Waals surface area contributed by atoms with Crippen LogP contribution >= 0.6 is 15.9 Å². The third-order valence-corrected chi connectivity index (χ3v) is 3.77. The summed E-state index contributed by atoms with van der Waals surface area (Å²) in [5.74, 6) is -0.196. The van der Waals surface area contributed by atoms with E-state index in [1.54, 1.807) is 17.3 Å². The van der Waals surface area contributed by atoms with Crippen LogP contribution in [0.5, 0.6) is 0 Å². The van der Waals surface area contributed by atoms with E-state index in [0.717, 1.165) is 15.7 Å². The Morgan fingerprint density at radius 2 is 2.09 bits per heavy atom. The van der Waals surface area contributed by atoms with Gasteiger partial charge >= 0.3 is 0 Å². The van der Waals surface area contributed by atoms with Crippen molar-refractivity contribution in [2.24, 2.45) is 0 Å². The molecule has 1 aromatic heterocycles. The molecule has 0 bridgehead atoms. The summed E-state index contributed by atoms with van der Waals surface area (Å²) in [6.45, 7) is 2.27. The van der Waals surface area contributed by atoms with Crippen molar-refractivity contribution in [3.8, 4) is 0 Å². The fourth-order valence-electron chi connectivity index (χ4n) is 2.12. The van der Waals surface area contributed by atoms with E-state index in [2.05, 4.69) is 26.2 Å². The number of amides is 2. The van der Waals surface area contributed by atoms with Crippen LogP contribution in [0.25, 0.3) is 0 Å². The molecule has 1 heterocycles. The topological polar surface area (TPSA) is 62.3 Å². The number of pyridine rings is 1. The lowest BCUT2D eigenvalue weighted by Crippen LogP contribution is -2.33. The molecule has 1 aromatic carbocycles. The molecule has 0 saturated heterocycles. The molecule has 0 aliphatic carbocycles. The number of hydrogen-bond acceptors (Lipinski definition) is 3. The first kappa shape index (κ1) is 17.1. The van der Waals surface area contributed by atoms with Crippen LogP contribution in [0.3, 0.4) is 0 Å². The van der Waals surface area contributed by atoms with Crippen LogP contribution in [-0.4, -0.2) is 23.3 Å². The summed E-state index contributed by atoms with van der Waals surface area (Å²) in [6.07, 6.45) is 3.64. The zero-order valence-electron chi connectivity index (χ0n) is 12.8. The molecule has 0 radical (unpaired) electrons. The monoisotopic (exact) mass is 375 g/mol. The Morgan fingerprint density at radius 3 is 2.74 bits per heavy atom. The number of hydrogen-bond donors (Lipinski definition) is 1. The normalized spacial score (nSPS) is 10.2. The van der Waals surface area contributed by atoms with Gasteiger partial charge in [0.05, 0.1) is 0 Å². The maximum Gasteiger partial charge on any atom is 0.223 e. The van der Waals surface area contributed by atoms with E-state index < -0.39 is 0 Å². The van der Waals surface area contributed by atoms with Crippen molar-refractivity contribution in [3.05, 3.63) is 58.8 Å². The Balaban J connectivity index is 1.89. The van der Waals surface area contributed by atoms with Gasteiger partial charge in [-0.15, -0.1) is 0 Å². The molecule has 120 valence electrons. The molecule has 0 fully saturated rings. The quantitative estimate of drug-likeness (QED) is 0.843. The number of carbonyl (C=O) groups excluding carboxylic acids is 2. The van der Waals surface area contributed by atoms with E-state index in [-0.39, 0.29) is 18.2 Å². The Labute approximate surface area is 143 Å². The molecule has 1 N–H and O–H groups in total. The zero-order valence-corrected chi connectivity index (χ0v) is 14.4. The predicted molar refractivity (Wildman–Crippen MR) is 92.9 cm³/mol. The van der Waals surface area contributed by atoms with Gasteiger partial charge in [0.25, 0.3) is 0 Å². The van der Waals surface area contributed by atoms with Crippen LogP contribution in [0.4, 0.5) is 5.69 Å². The Kier molecular flexibility index (Phi) is 6.29. The lowest BCUT2D eigenvalue weighted by atomic mass is 10.2. The van der Waals surface area contributed by atoms with Gasteiger partial charge in [-0.3, -0.25) is 14.6 Å². The minimum Gasteiger partial charge on any atom is -0.352 e. The van der Waals surface area contributed by atoms with Gasteiger partial charge in [-0.25, -0.2) is 0 Å². The van der Waals surface area contributed by atoms with Crippen molar-refractivity contribution in [1.82, 2.24) is 10.3 Å². The Bertz CT molecular complexity index is 677. The van der Waals surface area contributed by atoms with Gasteiger partial charge in [0.1, 0.15) is 0 Å². The smallest absolute Gasteiger partial charge is 0.223 e. The first-order valence-corrected chi connectivity index (χ1v) is 8.05. The van der Waals surface area contributed by atoms with E-state index in [1.165, 1.54) is 6.92 Å². The molecule has 6 heteroatoms. The van der Waals surface area contributed by atoms with Crippen molar-refractivity contribution in [2.75, 3.05) is 11.4 Å². The summed E-state index contributed by atoms with van der Waals surface area (Å²) in [5.41, 5.74) is 1.71. The fourth-order valence-corrected chi connectivity index (χ4v) is 2.50. The third-order valence-electron chi connectivity index (χ3n) is 3.27. The number of nitrogens with one attached hydrogen (secondary N) is 1. The van der Waals surface area contributed by atoms with E-state index in [1.807, 2.05) is 36.4 Å². The molecule has 0 saturated carbocycles. The maximum absolute atomic E-state index is 12.0. The summed E-state index contributed by atoms with van der Waals surface area (Å²) >= 11 is 3.39. The highest BCUT2D eigenvalue weighted by Crippen LogP contribution is 2.20. The van der Waals surface area contributed by atoms with Gasteiger partial charge in [0, 0.05) is 49.0 Å². The summed E-state index contributed by atoms with van der Waals surface area (Å²) in [4.78, 5) is 29.4. The van der Waals surface area contributed by atoms with Crippen LogP contribution in [0.1, 0.15) is 18.9 Å². The minimum atomic E-state index is -0.102. The second-order valence-corrected chi connectivity index (χ2v) is 5.95. The Hall–Kier alpha value is -2.21. The van der Waals surface area contributed by atoms with Crippen LogP contribution in [0.15, 0.2) is 53.3 Å². The van der Waals surface area contributed by atoms with Crippen molar-refractivity contribution < 1.29 is 9.59 Å². The standard InChI is InChI=1S/C17H18BrN3O2/c1-13(22)21(16-6-2-5-15(18)10-16)9-7-17(23)20-12-14-4-3-8-19-11-14/h2-6,8,10-11H,7,9,12H2,1H3,(H,20,23). The molecule has 0 aliphatic heterocycles. The molecular weight excluding hydrogens is 358 g/mol. The van der Waals surface area contributed by atoms with Crippen LogP contribution < -0.4 is 10.2 Å². The van der Waals surface area contributed by atoms with Gasteiger partial charge in [-0.05, 0) is 29.8 Å². The lowest BCUT2D eigenvalue weighted by Gasteiger charge is -2.21. The van der Waals surface area contributed by atoms with Crippen LogP contribution in [-0.2, 0) is 16.1 Å². The average Bonchev–Trinajstić information content (AvgIpc) is 2.54.